The van der Waals surface area contributed by atoms with Crippen molar-refractivity contribution >= 4 is 21.6 Å². The summed E-state index contributed by atoms with van der Waals surface area (Å²) in [6, 6.07) is 3.22. The Labute approximate surface area is 157 Å². The molecule has 0 aliphatic carbocycles. The summed E-state index contributed by atoms with van der Waals surface area (Å²) in [7, 11) is -3.53. The second-order valence-corrected chi connectivity index (χ2v) is 8.73. The molecule has 0 radical (unpaired) electrons. The van der Waals surface area contributed by atoms with E-state index in [0.29, 0.717) is 56.4 Å². The fraction of sp³-hybridized carbons (Fsp3) is 0.471. The average molecular weight is 391 g/mol. The molecule has 2 aliphatic heterocycles. The van der Waals surface area contributed by atoms with Crippen LogP contribution >= 0.6 is 0 Å². The van der Waals surface area contributed by atoms with Crippen LogP contribution in [0.3, 0.4) is 0 Å². The SMILES string of the molecule is Nc1ncc(-c2cc(S(=O)(=O)C3CCOC3)cc(N3CCOCC3)n2)cn1. The van der Waals surface area contributed by atoms with Gasteiger partial charge in [-0.2, -0.15) is 0 Å². The molecule has 144 valence electrons. The van der Waals surface area contributed by atoms with Gasteiger partial charge in [0.2, 0.25) is 5.95 Å². The Morgan fingerprint density at radius 2 is 1.81 bits per heavy atom. The van der Waals surface area contributed by atoms with Crippen LogP contribution in [0.4, 0.5) is 11.8 Å². The molecular weight excluding hydrogens is 370 g/mol. The van der Waals surface area contributed by atoms with Crippen molar-refractivity contribution in [1.82, 2.24) is 15.0 Å². The third-order valence-electron chi connectivity index (χ3n) is 4.74. The third-order valence-corrected chi connectivity index (χ3v) is 6.89. The van der Waals surface area contributed by atoms with Crippen LogP contribution in [-0.2, 0) is 19.3 Å². The zero-order chi connectivity index (χ0) is 18.9. The number of rotatable bonds is 4. The average Bonchev–Trinajstić information content (AvgIpc) is 3.25. The maximum atomic E-state index is 13.1. The van der Waals surface area contributed by atoms with Crippen LogP contribution in [0.2, 0.25) is 0 Å². The van der Waals surface area contributed by atoms with Gasteiger partial charge in [-0.05, 0) is 18.6 Å². The zero-order valence-corrected chi connectivity index (χ0v) is 15.6. The smallest absolute Gasteiger partial charge is 0.219 e. The lowest BCUT2D eigenvalue weighted by molar-refractivity contribution is 0.122. The second-order valence-electron chi connectivity index (χ2n) is 6.51. The van der Waals surface area contributed by atoms with Gasteiger partial charge in [0.15, 0.2) is 9.84 Å². The van der Waals surface area contributed by atoms with E-state index in [-0.39, 0.29) is 17.5 Å². The van der Waals surface area contributed by atoms with Crippen molar-refractivity contribution in [3.05, 3.63) is 24.5 Å². The lowest BCUT2D eigenvalue weighted by atomic mass is 10.2. The highest BCUT2D eigenvalue weighted by Gasteiger charge is 2.32. The highest BCUT2D eigenvalue weighted by molar-refractivity contribution is 7.92. The summed E-state index contributed by atoms with van der Waals surface area (Å²) in [5.74, 6) is 0.754. The first-order valence-electron chi connectivity index (χ1n) is 8.78. The van der Waals surface area contributed by atoms with Crippen LogP contribution in [0.15, 0.2) is 29.4 Å². The quantitative estimate of drug-likeness (QED) is 0.795. The molecule has 2 N–H and O–H groups in total. The Bertz CT molecular complexity index is 907. The Balaban J connectivity index is 1.79. The summed E-state index contributed by atoms with van der Waals surface area (Å²) >= 11 is 0. The molecule has 2 aromatic rings. The molecule has 27 heavy (non-hydrogen) atoms. The molecule has 1 atom stereocenters. The highest BCUT2D eigenvalue weighted by Crippen LogP contribution is 2.29. The van der Waals surface area contributed by atoms with Crippen LogP contribution in [-0.4, -0.2) is 68.1 Å². The standard InChI is InChI=1S/C17H21N5O4S/c18-17-19-9-12(10-20-17)15-7-14(27(23,24)13-1-4-26-11-13)8-16(21-15)22-2-5-25-6-3-22/h7-10,13H,1-6,11H2,(H2,18,19,20). The van der Waals surface area contributed by atoms with Crippen LogP contribution in [0, 0.1) is 0 Å². The first kappa shape index (κ1) is 18.1. The van der Waals surface area contributed by atoms with Gasteiger partial charge in [-0.3, -0.25) is 0 Å². The molecule has 2 aromatic heterocycles. The summed E-state index contributed by atoms with van der Waals surface area (Å²) in [6.45, 7) is 3.15. The maximum Gasteiger partial charge on any atom is 0.219 e. The van der Waals surface area contributed by atoms with E-state index < -0.39 is 15.1 Å². The Kier molecular flexibility index (Phi) is 4.94. The molecule has 10 heteroatoms. The number of hydrogen-bond donors (Lipinski definition) is 1. The molecule has 4 heterocycles. The lowest BCUT2D eigenvalue weighted by Gasteiger charge is -2.28. The minimum absolute atomic E-state index is 0.152. The number of morpholine rings is 1. The van der Waals surface area contributed by atoms with E-state index in [9.17, 15) is 8.42 Å². The van der Waals surface area contributed by atoms with E-state index in [1.165, 1.54) is 0 Å². The summed E-state index contributed by atoms with van der Waals surface area (Å²) < 4.78 is 36.9. The monoisotopic (exact) mass is 391 g/mol. The zero-order valence-electron chi connectivity index (χ0n) is 14.7. The van der Waals surface area contributed by atoms with E-state index in [1.54, 1.807) is 24.5 Å². The minimum atomic E-state index is -3.53. The first-order chi connectivity index (χ1) is 13.0. The molecule has 2 aliphatic rings. The maximum absolute atomic E-state index is 13.1. The first-order valence-corrected chi connectivity index (χ1v) is 10.3. The molecule has 0 saturated carbocycles. The van der Waals surface area contributed by atoms with E-state index >= 15 is 0 Å². The number of nitrogens with two attached hydrogens (primary N) is 1. The minimum Gasteiger partial charge on any atom is -0.380 e. The van der Waals surface area contributed by atoms with Crippen molar-refractivity contribution < 1.29 is 17.9 Å². The number of anilines is 2. The second kappa shape index (κ2) is 7.37. The fourth-order valence-electron chi connectivity index (χ4n) is 3.18. The van der Waals surface area contributed by atoms with E-state index in [1.807, 2.05) is 4.90 Å². The number of aromatic nitrogens is 3. The molecule has 0 bridgehead atoms. The largest absolute Gasteiger partial charge is 0.380 e. The summed E-state index contributed by atoms with van der Waals surface area (Å²) in [5, 5.41) is -0.534. The lowest BCUT2D eigenvalue weighted by Crippen LogP contribution is -2.37. The van der Waals surface area contributed by atoms with Crippen molar-refractivity contribution in [3.8, 4) is 11.3 Å². The van der Waals surface area contributed by atoms with Gasteiger partial charge < -0.3 is 20.1 Å². The van der Waals surface area contributed by atoms with Crippen LogP contribution in [0.5, 0.6) is 0 Å². The number of sulfone groups is 1. The number of hydrogen-bond acceptors (Lipinski definition) is 9. The van der Waals surface area contributed by atoms with Gasteiger partial charge in [-0.15, -0.1) is 0 Å². The molecule has 4 rings (SSSR count). The third kappa shape index (κ3) is 3.73. The van der Waals surface area contributed by atoms with Crippen LogP contribution < -0.4 is 10.6 Å². The Morgan fingerprint density at radius 1 is 1.07 bits per heavy atom. The molecule has 0 amide bonds. The van der Waals surface area contributed by atoms with Gasteiger partial charge in [-0.1, -0.05) is 0 Å². The summed E-state index contributed by atoms with van der Waals surface area (Å²) in [6.07, 6.45) is 3.59. The van der Waals surface area contributed by atoms with Gasteiger partial charge in [0.1, 0.15) is 5.82 Å². The van der Waals surface area contributed by atoms with Gasteiger partial charge in [0.05, 0.1) is 35.7 Å². The van der Waals surface area contributed by atoms with Crippen molar-refractivity contribution in [2.75, 3.05) is 50.2 Å². The van der Waals surface area contributed by atoms with Crippen molar-refractivity contribution in [3.63, 3.8) is 0 Å². The van der Waals surface area contributed by atoms with Gasteiger partial charge >= 0.3 is 0 Å². The van der Waals surface area contributed by atoms with Crippen LogP contribution in [0.25, 0.3) is 11.3 Å². The molecule has 0 aromatic carbocycles. The Morgan fingerprint density at radius 3 is 2.48 bits per heavy atom. The van der Waals surface area contributed by atoms with Gasteiger partial charge in [0.25, 0.3) is 0 Å². The topological polar surface area (TPSA) is 121 Å². The predicted octanol–water partition coefficient (Wildman–Crippen LogP) is 0.520. The number of pyridine rings is 1. The molecular formula is C17H21N5O4S. The number of ether oxygens (including phenoxy) is 2. The van der Waals surface area contributed by atoms with Crippen molar-refractivity contribution in [1.29, 1.82) is 0 Å². The van der Waals surface area contributed by atoms with Crippen LogP contribution in [0.1, 0.15) is 6.42 Å². The molecule has 9 nitrogen and oxygen atoms in total. The highest BCUT2D eigenvalue weighted by atomic mass is 32.2. The fourth-order valence-corrected chi connectivity index (χ4v) is 4.79. The Hall–Kier alpha value is -2.30. The van der Waals surface area contributed by atoms with Gasteiger partial charge in [0, 0.05) is 37.7 Å². The molecule has 0 spiro atoms. The normalized spacial score (nSPS) is 20.7. The summed E-state index contributed by atoms with van der Waals surface area (Å²) in [5.41, 5.74) is 6.67. The van der Waals surface area contributed by atoms with Crippen molar-refractivity contribution in [2.24, 2.45) is 0 Å². The van der Waals surface area contributed by atoms with E-state index in [0.717, 1.165) is 0 Å². The predicted molar refractivity (Wildman–Crippen MR) is 99.1 cm³/mol. The molecule has 1 unspecified atom stereocenters. The van der Waals surface area contributed by atoms with Gasteiger partial charge in [-0.25, -0.2) is 23.4 Å². The van der Waals surface area contributed by atoms with E-state index in [2.05, 4.69) is 15.0 Å². The molecule has 2 fully saturated rings. The summed E-state index contributed by atoms with van der Waals surface area (Å²) in [4.78, 5) is 14.9. The molecule has 2 saturated heterocycles. The number of nitrogens with zero attached hydrogens (tertiary/aromatic N) is 4. The van der Waals surface area contributed by atoms with Crippen molar-refractivity contribution in [2.45, 2.75) is 16.6 Å². The van der Waals surface area contributed by atoms with E-state index in [4.69, 9.17) is 15.2 Å². The number of nitrogen functional groups attached to an aromatic ring is 1.